The van der Waals surface area contributed by atoms with E-state index in [0.29, 0.717) is 19.4 Å². The zero-order valence-electron chi connectivity index (χ0n) is 17.4. The van der Waals surface area contributed by atoms with Crippen LogP contribution >= 0.6 is 24.0 Å². The highest BCUT2D eigenvalue weighted by atomic mass is 127. The smallest absolute Gasteiger partial charge is 0.222 e. The SMILES string of the molecule is CN=C(NCCC(=O)NC1CCS(=O)(=O)C1)N1CCN(Cc2ccccc2)CC1.I. The average molecular weight is 549 g/mol. The van der Waals surface area contributed by atoms with Gasteiger partial charge in [-0.2, -0.15) is 0 Å². The minimum atomic E-state index is -2.98. The molecule has 1 aromatic rings. The molecule has 3 rings (SSSR count). The van der Waals surface area contributed by atoms with Gasteiger partial charge in [-0.25, -0.2) is 8.42 Å². The van der Waals surface area contributed by atoms with Gasteiger partial charge >= 0.3 is 0 Å². The van der Waals surface area contributed by atoms with Crippen molar-refractivity contribution < 1.29 is 13.2 Å². The van der Waals surface area contributed by atoms with Gasteiger partial charge in [0.2, 0.25) is 5.91 Å². The molecule has 2 heterocycles. The van der Waals surface area contributed by atoms with E-state index in [0.717, 1.165) is 38.7 Å². The molecule has 0 spiro atoms. The highest BCUT2D eigenvalue weighted by molar-refractivity contribution is 14.0. The lowest BCUT2D eigenvalue weighted by molar-refractivity contribution is -0.121. The minimum Gasteiger partial charge on any atom is -0.356 e. The van der Waals surface area contributed by atoms with E-state index in [2.05, 4.69) is 49.7 Å². The van der Waals surface area contributed by atoms with Gasteiger partial charge in [-0.05, 0) is 12.0 Å². The summed E-state index contributed by atoms with van der Waals surface area (Å²) in [5, 5.41) is 6.07. The number of benzene rings is 1. The maximum Gasteiger partial charge on any atom is 0.222 e. The lowest BCUT2D eigenvalue weighted by atomic mass is 10.2. The van der Waals surface area contributed by atoms with Crippen LogP contribution in [0.4, 0.5) is 0 Å². The van der Waals surface area contributed by atoms with E-state index in [1.165, 1.54) is 5.56 Å². The molecule has 2 N–H and O–H groups in total. The Morgan fingerprint density at radius 3 is 2.47 bits per heavy atom. The Labute approximate surface area is 196 Å². The molecule has 30 heavy (non-hydrogen) atoms. The minimum absolute atomic E-state index is 0. The first kappa shape index (κ1) is 24.9. The molecule has 2 aliphatic heterocycles. The predicted octanol–water partition coefficient (Wildman–Crippen LogP) is 0.691. The van der Waals surface area contributed by atoms with E-state index in [9.17, 15) is 13.2 Å². The van der Waals surface area contributed by atoms with Gasteiger partial charge in [0.1, 0.15) is 0 Å². The van der Waals surface area contributed by atoms with Crippen LogP contribution in [0.3, 0.4) is 0 Å². The van der Waals surface area contributed by atoms with Gasteiger partial charge < -0.3 is 15.5 Å². The average Bonchev–Trinajstić information content (AvgIpc) is 3.05. The standard InChI is InChI=1S/C20H31N5O3S.HI/c1-21-20(22-9-7-19(26)23-18-8-14-29(27,28)16-18)25-12-10-24(11-13-25)15-17-5-3-2-4-6-17;/h2-6,18H,7-16H2,1H3,(H,21,22)(H,23,26);1H. The number of carbonyl (C=O) groups is 1. The fourth-order valence-electron chi connectivity index (χ4n) is 3.79. The second-order valence-corrected chi connectivity index (χ2v) is 9.87. The summed E-state index contributed by atoms with van der Waals surface area (Å²) in [7, 11) is -1.23. The van der Waals surface area contributed by atoms with E-state index in [1.54, 1.807) is 7.05 Å². The number of guanidine groups is 1. The van der Waals surface area contributed by atoms with Crippen LogP contribution in [0.15, 0.2) is 35.3 Å². The van der Waals surface area contributed by atoms with Crippen molar-refractivity contribution in [3.63, 3.8) is 0 Å². The summed E-state index contributed by atoms with van der Waals surface area (Å²) in [6, 6.07) is 10.2. The number of nitrogens with one attached hydrogen (secondary N) is 2. The second kappa shape index (κ2) is 11.8. The van der Waals surface area contributed by atoms with Crippen molar-refractivity contribution >= 4 is 45.7 Å². The van der Waals surface area contributed by atoms with Gasteiger partial charge in [0.25, 0.3) is 0 Å². The molecule has 10 heteroatoms. The highest BCUT2D eigenvalue weighted by Gasteiger charge is 2.28. The molecule has 0 aromatic heterocycles. The van der Waals surface area contributed by atoms with Crippen LogP contribution in [0.1, 0.15) is 18.4 Å². The molecule has 1 amide bonds. The van der Waals surface area contributed by atoms with Gasteiger partial charge in [0, 0.05) is 58.8 Å². The molecule has 0 radical (unpaired) electrons. The topological polar surface area (TPSA) is 94.1 Å². The molecule has 1 unspecified atom stereocenters. The number of halogens is 1. The van der Waals surface area contributed by atoms with Crippen molar-refractivity contribution in [3.8, 4) is 0 Å². The first-order valence-electron chi connectivity index (χ1n) is 10.2. The van der Waals surface area contributed by atoms with E-state index < -0.39 is 9.84 Å². The third-order valence-electron chi connectivity index (χ3n) is 5.37. The second-order valence-electron chi connectivity index (χ2n) is 7.64. The Hall–Kier alpha value is -1.40. The molecular formula is C20H32IN5O3S. The number of piperazine rings is 1. The molecule has 1 atom stereocenters. The van der Waals surface area contributed by atoms with Crippen LogP contribution in [0.5, 0.6) is 0 Å². The molecule has 0 aliphatic carbocycles. The Bertz CT molecular complexity index is 811. The number of hydrogen-bond donors (Lipinski definition) is 2. The highest BCUT2D eigenvalue weighted by Crippen LogP contribution is 2.11. The summed E-state index contributed by atoms with van der Waals surface area (Å²) >= 11 is 0. The van der Waals surface area contributed by atoms with Crippen molar-refractivity contribution in [1.82, 2.24) is 20.4 Å². The number of amides is 1. The van der Waals surface area contributed by atoms with E-state index in [-0.39, 0.29) is 47.4 Å². The maximum absolute atomic E-state index is 12.1. The normalized spacial score (nSPS) is 21.7. The van der Waals surface area contributed by atoms with Crippen LogP contribution in [0, 0.1) is 0 Å². The van der Waals surface area contributed by atoms with Crippen molar-refractivity contribution in [2.45, 2.75) is 25.4 Å². The Kier molecular flexibility index (Phi) is 9.82. The zero-order chi connectivity index (χ0) is 20.7. The van der Waals surface area contributed by atoms with E-state index in [1.807, 2.05) is 6.07 Å². The number of nitrogens with zero attached hydrogens (tertiary/aromatic N) is 3. The van der Waals surface area contributed by atoms with Crippen LogP contribution in [0.2, 0.25) is 0 Å². The fraction of sp³-hybridized carbons (Fsp3) is 0.600. The molecule has 2 fully saturated rings. The van der Waals surface area contributed by atoms with Crippen LogP contribution in [-0.4, -0.2) is 87.4 Å². The largest absolute Gasteiger partial charge is 0.356 e. The van der Waals surface area contributed by atoms with Gasteiger partial charge in [0.15, 0.2) is 15.8 Å². The summed E-state index contributed by atoms with van der Waals surface area (Å²) in [6.45, 7) is 5.13. The zero-order valence-corrected chi connectivity index (χ0v) is 20.6. The predicted molar refractivity (Wildman–Crippen MR) is 130 cm³/mol. The quantitative estimate of drug-likeness (QED) is 0.308. The van der Waals surface area contributed by atoms with Gasteiger partial charge in [0.05, 0.1) is 11.5 Å². The summed E-state index contributed by atoms with van der Waals surface area (Å²) in [4.78, 5) is 21.1. The third kappa shape index (κ3) is 7.69. The van der Waals surface area contributed by atoms with E-state index >= 15 is 0 Å². The first-order valence-corrected chi connectivity index (χ1v) is 12.0. The van der Waals surface area contributed by atoms with Crippen molar-refractivity contribution in [2.24, 2.45) is 4.99 Å². The first-order chi connectivity index (χ1) is 13.9. The summed E-state index contributed by atoms with van der Waals surface area (Å²) in [5.74, 6) is 0.906. The monoisotopic (exact) mass is 549 g/mol. The molecule has 8 nitrogen and oxygen atoms in total. The molecule has 168 valence electrons. The van der Waals surface area contributed by atoms with Crippen molar-refractivity contribution in [3.05, 3.63) is 35.9 Å². The van der Waals surface area contributed by atoms with Crippen molar-refractivity contribution in [1.29, 1.82) is 0 Å². The summed E-state index contributed by atoms with van der Waals surface area (Å²) in [5.41, 5.74) is 1.32. The summed E-state index contributed by atoms with van der Waals surface area (Å²) < 4.78 is 23.0. The third-order valence-corrected chi connectivity index (χ3v) is 7.13. The van der Waals surface area contributed by atoms with E-state index in [4.69, 9.17) is 0 Å². The molecule has 2 aliphatic rings. The van der Waals surface area contributed by atoms with Gasteiger partial charge in [-0.1, -0.05) is 30.3 Å². The van der Waals surface area contributed by atoms with Crippen LogP contribution in [-0.2, 0) is 21.2 Å². The van der Waals surface area contributed by atoms with Gasteiger partial charge in [-0.3, -0.25) is 14.7 Å². The Morgan fingerprint density at radius 1 is 1.17 bits per heavy atom. The molecule has 2 saturated heterocycles. The van der Waals surface area contributed by atoms with Gasteiger partial charge in [-0.15, -0.1) is 24.0 Å². The molecular weight excluding hydrogens is 517 g/mol. The fourth-order valence-corrected chi connectivity index (χ4v) is 5.46. The maximum atomic E-state index is 12.1. The summed E-state index contributed by atoms with van der Waals surface area (Å²) in [6.07, 6.45) is 0.806. The number of rotatable bonds is 6. The Morgan fingerprint density at radius 2 is 1.87 bits per heavy atom. The number of sulfone groups is 1. The molecule has 0 saturated carbocycles. The molecule has 1 aromatic carbocycles. The van der Waals surface area contributed by atoms with Crippen LogP contribution < -0.4 is 10.6 Å². The number of hydrogen-bond acceptors (Lipinski definition) is 5. The van der Waals surface area contributed by atoms with Crippen molar-refractivity contribution in [2.75, 3.05) is 51.3 Å². The number of aliphatic imine (C=N–C) groups is 1. The lowest BCUT2D eigenvalue weighted by Crippen LogP contribution is -2.52. The van der Waals surface area contributed by atoms with Crippen LogP contribution in [0.25, 0.3) is 0 Å². The molecule has 0 bridgehead atoms. The Balaban J connectivity index is 0.00000320. The lowest BCUT2D eigenvalue weighted by Gasteiger charge is -2.36. The number of carbonyl (C=O) groups excluding carboxylic acids is 1.